The number of methoxy groups -OCH3 is 1. The van der Waals surface area contributed by atoms with Gasteiger partial charge < -0.3 is 9.64 Å². The maximum absolute atomic E-state index is 13.6. The Morgan fingerprint density at radius 3 is 2.70 bits per heavy atom. The van der Waals surface area contributed by atoms with Crippen molar-refractivity contribution < 1.29 is 14.3 Å². The molecule has 7 nitrogen and oxygen atoms in total. The van der Waals surface area contributed by atoms with Crippen LogP contribution in [0.4, 0.5) is 0 Å². The summed E-state index contributed by atoms with van der Waals surface area (Å²) in [6.45, 7) is 6.62. The smallest absolute Gasteiger partial charge is 0.328 e. The summed E-state index contributed by atoms with van der Waals surface area (Å²) in [7, 11) is 1.36. The minimum absolute atomic E-state index is 0.0969. The number of likely N-dealkylation sites (tertiary alicyclic amines) is 1. The van der Waals surface area contributed by atoms with Gasteiger partial charge >= 0.3 is 5.97 Å². The van der Waals surface area contributed by atoms with Gasteiger partial charge in [0.2, 0.25) is 0 Å². The summed E-state index contributed by atoms with van der Waals surface area (Å²) < 4.78 is 6.75. The number of pyridine rings is 1. The van der Waals surface area contributed by atoms with Gasteiger partial charge in [0.1, 0.15) is 6.04 Å². The van der Waals surface area contributed by atoms with Crippen molar-refractivity contribution in [2.24, 2.45) is 0 Å². The van der Waals surface area contributed by atoms with Crippen LogP contribution < -0.4 is 0 Å². The highest BCUT2D eigenvalue weighted by molar-refractivity contribution is 6.07. The number of carbonyl (C=O) groups is 2. The molecule has 0 N–H and O–H groups in total. The van der Waals surface area contributed by atoms with E-state index in [9.17, 15) is 9.59 Å². The maximum Gasteiger partial charge on any atom is 0.328 e. The first-order valence-electron chi connectivity index (χ1n) is 10.3. The second-order valence-electron chi connectivity index (χ2n) is 7.97. The van der Waals surface area contributed by atoms with Crippen LogP contribution in [0.25, 0.3) is 22.3 Å². The van der Waals surface area contributed by atoms with Crippen LogP contribution in [-0.2, 0) is 9.53 Å². The quantitative estimate of drug-likeness (QED) is 0.617. The molecule has 3 heterocycles. The Morgan fingerprint density at radius 2 is 2.00 bits per heavy atom. The van der Waals surface area contributed by atoms with E-state index in [1.54, 1.807) is 11.1 Å². The molecule has 1 atom stereocenters. The lowest BCUT2D eigenvalue weighted by atomic mass is 10.0. The van der Waals surface area contributed by atoms with Gasteiger partial charge in [-0.05, 0) is 45.2 Å². The predicted octanol–water partition coefficient (Wildman–Crippen LogP) is 3.77. The van der Waals surface area contributed by atoms with E-state index >= 15 is 0 Å². The average molecular weight is 406 g/mol. The van der Waals surface area contributed by atoms with Crippen LogP contribution in [0.2, 0.25) is 0 Å². The molecule has 1 unspecified atom stereocenters. The summed E-state index contributed by atoms with van der Waals surface area (Å²) in [6, 6.07) is 9.34. The number of rotatable bonds is 4. The Hall–Kier alpha value is -3.22. The van der Waals surface area contributed by atoms with Gasteiger partial charge in [-0.3, -0.25) is 4.79 Å². The second kappa shape index (κ2) is 7.89. The van der Waals surface area contributed by atoms with Gasteiger partial charge in [0.25, 0.3) is 5.91 Å². The van der Waals surface area contributed by atoms with Crippen LogP contribution in [-0.4, -0.2) is 51.2 Å². The fraction of sp³-hybridized carbons (Fsp3) is 0.391. The molecule has 0 spiro atoms. The van der Waals surface area contributed by atoms with Gasteiger partial charge in [0, 0.05) is 18.2 Å². The predicted molar refractivity (Wildman–Crippen MR) is 114 cm³/mol. The van der Waals surface area contributed by atoms with E-state index in [1.165, 1.54) is 7.11 Å². The fourth-order valence-corrected chi connectivity index (χ4v) is 4.12. The van der Waals surface area contributed by atoms with E-state index in [4.69, 9.17) is 9.72 Å². The minimum Gasteiger partial charge on any atom is -0.467 e. The lowest BCUT2D eigenvalue weighted by Gasteiger charge is -2.23. The summed E-state index contributed by atoms with van der Waals surface area (Å²) >= 11 is 0. The topological polar surface area (TPSA) is 77.3 Å². The Bertz CT molecular complexity index is 1120. The van der Waals surface area contributed by atoms with Crippen LogP contribution in [0, 0.1) is 6.92 Å². The number of carbonyl (C=O) groups excluding carboxylic acids is 2. The third kappa shape index (κ3) is 3.34. The molecule has 7 heteroatoms. The number of hydrogen-bond acceptors (Lipinski definition) is 5. The molecule has 1 aromatic carbocycles. The van der Waals surface area contributed by atoms with Crippen molar-refractivity contribution in [1.82, 2.24) is 19.7 Å². The lowest BCUT2D eigenvalue weighted by Crippen LogP contribution is -2.41. The highest BCUT2D eigenvalue weighted by Gasteiger charge is 2.36. The van der Waals surface area contributed by atoms with Crippen molar-refractivity contribution in [3.05, 3.63) is 47.7 Å². The zero-order valence-electron chi connectivity index (χ0n) is 17.8. The third-order valence-electron chi connectivity index (χ3n) is 5.69. The number of amides is 1. The van der Waals surface area contributed by atoms with Gasteiger partial charge in [-0.15, -0.1) is 0 Å². The summed E-state index contributed by atoms with van der Waals surface area (Å²) in [4.78, 5) is 32.3. The molecule has 3 aromatic rings. The molecule has 0 radical (unpaired) electrons. The van der Waals surface area contributed by atoms with Crippen molar-refractivity contribution in [2.75, 3.05) is 13.7 Å². The number of aromatic nitrogens is 3. The highest BCUT2D eigenvalue weighted by Crippen LogP contribution is 2.30. The standard InChI is InChI=1S/C23H26N4O3/c1-14(2)27-21-18(13-24-27)17(12-19(25-21)16-9-6-5-8-15(16)3)22(28)26-11-7-10-20(26)23(29)30-4/h5-6,8-9,12-14,20H,7,10-11H2,1-4H3. The number of esters is 1. The molecule has 1 saturated heterocycles. The molecule has 4 rings (SSSR count). The molecule has 1 aliphatic rings. The highest BCUT2D eigenvalue weighted by atomic mass is 16.5. The van der Waals surface area contributed by atoms with Gasteiger partial charge in [0.05, 0.1) is 30.0 Å². The largest absolute Gasteiger partial charge is 0.467 e. The number of fused-ring (bicyclic) bond motifs is 1. The van der Waals surface area contributed by atoms with Crippen molar-refractivity contribution in [3.63, 3.8) is 0 Å². The van der Waals surface area contributed by atoms with Crippen LogP contribution in [0.15, 0.2) is 36.5 Å². The van der Waals surface area contributed by atoms with E-state index in [0.29, 0.717) is 29.6 Å². The number of nitrogens with zero attached hydrogens (tertiary/aromatic N) is 4. The zero-order chi connectivity index (χ0) is 21.4. The minimum atomic E-state index is -0.548. The van der Waals surface area contributed by atoms with E-state index < -0.39 is 6.04 Å². The molecular formula is C23H26N4O3. The number of ether oxygens (including phenoxy) is 1. The molecule has 156 valence electrons. The van der Waals surface area contributed by atoms with Crippen LogP contribution >= 0.6 is 0 Å². The Labute approximate surface area is 175 Å². The van der Waals surface area contributed by atoms with E-state index in [-0.39, 0.29) is 17.9 Å². The van der Waals surface area contributed by atoms with Gasteiger partial charge in [-0.1, -0.05) is 24.3 Å². The molecule has 2 aromatic heterocycles. The first-order chi connectivity index (χ1) is 14.4. The lowest BCUT2D eigenvalue weighted by molar-refractivity contribution is -0.145. The van der Waals surface area contributed by atoms with Crippen LogP contribution in [0.3, 0.4) is 0 Å². The van der Waals surface area contributed by atoms with E-state index in [2.05, 4.69) is 5.10 Å². The van der Waals surface area contributed by atoms with E-state index in [0.717, 1.165) is 23.2 Å². The molecule has 0 bridgehead atoms. The monoisotopic (exact) mass is 406 g/mol. The normalized spacial score (nSPS) is 16.4. The summed E-state index contributed by atoms with van der Waals surface area (Å²) in [5.74, 6) is -0.559. The zero-order valence-corrected chi connectivity index (χ0v) is 17.8. The average Bonchev–Trinajstić information content (AvgIpc) is 3.39. The molecule has 1 amide bonds. The molecule has 1 fully saturated rings. The first kappa shape index (κ1) is 20.1. The SMILES string of the molecule is COC(=O)C1CCCN1C(=O)c1cc(-c2ccccc2C)nc2c1cnn2C(C)C. The second-order valence-corrected chi connectivity index (χ2v) is 7.97. The number of hydrogen-bond donors (Lipinski definition) is 0. The van der Waals surface area contributed by atoms with Gasteiger partial charge in [-0.2, -0.15) is 5.10 Å². The summed E-state index contributed by atoms with van der Waals surface area (Å²) in [5, 5.41) is 5.18. The molecule has 30 heavy (non-hydrogen) atoms. The molecular weight excluding hydrogens is 380 g/mol. The molecule has 0 saturated carbocycles. The van der Waals surface area contributed by atoms with Gasteiger partial charge in [-0.25, -0.2) is 14.5 Å². The van der Waals surface area contributed by atoms with Crippen LogP contribution in [0.5, 0.6) is 0 Å². The van der Waals surface area contributed by atoms with Crippen molar-refractivity contribution >= 4 is 22.9 Å². The van der Waals surface area contributed by atoms with Crippen LogP contribution in [0.1, 0.15) is 48.7 Å². The Balaban J connectivity index is 1.89. The first-order valence-corrected chi connectivity index (χ1v) is 10.3. The number of aryl methyl sites for hydroxylation is 1. The summed E-state index contributed by atoms with van der Waals surface area (Å²) in [5.41, 5.74) is 3.95. The summed E-state index contributed by atoms with van der Waals surface area (Å²) in [6.07, 6.45) is 3.08. The third-order valence-corrected chi connectivity index (χ3v) is 5.69. The molecule has 1 aliphatic heterocycles. The Kier molecular flexibility index (Phi) is 5.28. The van der Waals surface area contributed by atoms with Crippen molar-refractivity contribution in [2.45, 2.75) is 45.7 Å². The fourth-order valence-electron chi connectivity index (χ4n) is 4.12. The van der Waals surface area contributed by atoms with Crippen molar-refractivity contribution in [3.8, 4) is 11.3 Å². The van der Waals surface area contributed by atoms with Gasteiger partial charge in [0.15, 0.2) is 5.65 Å². The number of benzene rings is 1. The Morgan fingerprint density at radius 1 is 1.23 bits per heavy atom. The van der Waals surface area contributed by atoms with Crippen molar-refractivity contribution in [1.29, 1.82) is 0 Å². The van der Waals surface area contributed by atoms with E-state index in [1.807, 2.05) is 55.8 Å². The molecule has 0 aliphatic carbocycles. The maximum atomic E-state index is 13.6.